The van der Waals surface area contributed by atoms with Gasteiger partial charge < -0.3 is 9.53 Å². The van der Waals surface area contributed by atoms with E-state index in [2.05, 4.69) is 4.74 Å². The zero-order valence-corrected chi connectivity index (χ0v) is 7.78. The van der Waals surface area contributed by atoms with E-state index in [0.29, 0.717) is 6.29 Å². The van der Waals surface area contributed by atoms with Crippen LogP contribution in [0.2, 0.25) is 0 Å². The Morgan fingerprint density at radius 1 is 1.38 bits per heavy atom. The summed E-state index contributed by atoms with van der Waals surface area (Å²) in [5.41, 5.74) is 0. The third-order valence-corrected chi connectivity index (χ3v) is 1.35. The van der Waals surface area contributed by atoms with Crippen molar-refractivity contribution >= 4 is 18.3 Å². The second-order valence-corrected chi connectivity index (χ2v) is 2.22. The van der Waals surface area contributed by atoms with Crippen molar-refractivity contribution in [3.8, 4) is 0 Å². The summed E-state index contributed by atoms with van der Waals surface area (Å²) in [6, 6.07) is 0. The zero-order chi connectivity index (χ0) is 10.3. The van der Waals surface area contributed by atoms with Crippen molar-refractivity contribution in [1.29, 1.82) is 0 Å². The zero-order valence-electron chi connectivity index (χ0n) is 7.78. The highest BCUT2D eigenvalue weighted by atomic mass is 16.6. The molecule has 2 amide bonds. The molecule has 0 rings (SSSR count). The minimum Gasteiger partial charge on any atom is -0.449 e. The second kappa shape index (κ2) is 6.16. The molecule has 0 aliphatic rings. The molecular formula is C8H13NO4. The van der Waals surface area contributed by atoms with Crippen molar-refractivity contribution in [1.82, 2.24) is 4.90 Å². The fraction of sp³-hybridized carbons (Fsp3) is 0.625. The van der Waals surface area contributed by atoms with E-state index in [1.807, 2.05) is 0 Å². The summed E-state index contributed by atoms with van der Waals surface area (Å²) < 4.78 is 4.59. The number of ether oxygens (including phenoxy) is 1. The van der Waals surface area contributed by atoms with Gasteiger partial charge in [0.25, 0.3) is 0 Å². The van der Waals surface area contributed by atoms with Gasteiger partial charge in [-0.05, 0) is 6.92 Å². The summed E-state index contributed by atoms with van der Waals surface area (Å²) in [5, 5.41) is 0. The topological polar surface area (TPSA) is 63.7 Å². The molecule has 0 aromatic rings. The Kier molecular flexibility index (Phi) is 5.50. The van der Waals surface area contributed by atoms with Gasteiger partial charge in [-0.2, -0.15) is 0 Å². The van der Waals surface area contributed by atoms with Gasteiger partial charge in [0, 0.05) is 6.42 Å². The third kappa shape index (κ3) is 3.68. The minimum absolute atomic E-state index is 0.173. The largest absolute Gasteiger partial charge is 0.449 e. The molecule has 0 radical (unpaired) electrons. The lowest BCUT2D eigenvalue weighted by molar-refractivity contribution is -0.131. The highest BCUT2D eigenvalue weighted by molar-refractivity contribution is 5.93. The van der Waals surface area contributed by atoms with Gasteiger partial charge in [-0.3, -0.25) is 4.79 Å². The molecule has 0 aliphatic heterocycles. The lowest BCUT2D eigenvalue weighted by Crippen LogP contribution is -2.38. The Hall–Kier alpha value is -1.39. The van der Waals surface area contributed by atoms with Gasteiger partial charge in [0.1, 0.15) is 6.29 Å². The van der Waals surface area contributed by atoms with Gasteiger partial charge in [-0.15, -0.1) is 0 Å². The van der Waals surface area contributed by atoms with Gasteiger partial charge >= 0.3 is 6.09 Å². The van der Waals surface area contributed by atoms with Gasteiger partial charge in [0.05, 0.1) is 13.2 Å². The maximum atomic E-state index is 11.1. The molecule has 0 saturated carbocycles. The molecule has 0 N–H and O–H groups in total. The molecule has 0 atom stereocenters. The normalized spacial score (nSPS) is 9.08. The molecule has 13 heavy (non-hydrogen) atoms. The van der Waals surface area contributed by atoms with Crippen LogP contribution in [-0.4, -0.2) is 36.3 Å². The number of imide groups is 1. The van der Waals surface area contributed by atoms with Gasteiger partial charge in [-0.25, -0.2) is 9.69 Å². The lowest BCUT2D eigenvalue weighted by Gasteiger charge is -2.16. The number of hydrogen-bond acceptors (Lipinski definition) is 4. The van der Waals surface area contributed by atoms with Crippen LogP contribution in [0.4, 0.5) is 4.79 Å². The predicted molar refractivity (Wildman–Crippen MR) is 45.1 cm³/mol. The Labute approximate surface area is 76.7 Å². The molecule has 0 bridgehead atoms. The van der Waals surface area contributed by atoms with Crippen LogP contribution in [0.5, 0.6) is 0 Å². The smallest absolute Gasteiger partial charge is 0.416 e. The van der Waals surface area contributed by atoms with Crippen molar-refractivity contribution in [3.63, 3.8) is 0 Å². The molecule has 5 heteroatoms. The first-order chi connectivity index (χ1) is 6.17. The Morgan fingerprint density at radius 3 is 2.38 bits per heavy atom. The van der Waals surface area contributed by atoms with E-state index in [4.69, 9.17) is 0 Å². The number of rotatable bonds is 4. The van der Waals surface area contributed by atoms with Crippen molar-refractivity contribution in [2.75, 3.05) is 13.2 Å². The van der Waals surface area contributed by atoms with Crippen molar-refractivity contribution in [3.05, 3.63) is 0 Å². The predicted octanol–water partition coefficient (Wildman–Crippen LogP) is 0.580. The molecule has 0 aromatic carbocycles. The van der Waals surface area contributed by atoms with Gasteiger partial charge in [0.2, 0.25) is 5.91 Å². The summed E-state index contributed by atoms with van der Waals surface area (Å²) in [7, 11) is 0. The van der Waals surface area contributed by atoms with E-state index in [1.165, 1.54) is 0 Å². The fourth-order valence-electron chi connectivity index (χ4n) is 0.745. The van der Waals surface area contributed by atoms with Gasteiger partial charge in [-0.1, -0.05) is 6.92 Å². The highest BCUT2D eigenvalue weighted by Gasteiger charge is 2.19. The molecule has 0 spiro atoms. The SMILES string of the molecule is CCOC(=O)N(CC=O)C(=O)CC. The summed E-state index contributed by atoms with van der Waals surface area (Å²) in [6.45, 7) is 3.18. The summed E-state index contributed by atoms with van der Waals surface area (Å²) in [6.07, 6.45) is -0.0987. The lowest BCUT2D eigenvalue weighted by atomic mass is 10.4. The molecule has 0 aliphatic carbocycles. The van der Waals surface area contributed by atoms with Crippen LogP contribution in [-0.2, 0) is 14.3 Å². The number of amides is 2. The van der Waals surface area contributed by atoms with E-state index in [0.717, 1.165) is 4.90 Å². The molecule has 0 saturated heterocycles. The highest BCUT2D eigenvalue weighted by Crippen LogP contribution is 1.96. The standard InChI is InChI=1S/C8H13NO4/c1-3-7(11)9(5-6-10)8(12)13-4-2/h6H,3-5H2,1-2H3. The first-order valence-corrected chi connectivity index (χ1v) is 4.08. The summed E-state index contributed by atoms with van der Waals surface area (Å²) in [4.78, 5) is 33.1. The van der Waals surface area contributed by atoms with Crippen LogP contribution in [0, 0.1) is 0 Å². The van der Waals surface area contributed by atoms with Crippen LogP contribution < -0.4 is 0 Å². The van der Waals surface area contributed by atoms with Crippen molar-refractivity contribution in [2.45, 2.75) is 20.3 Å². The van der Waals surface area contributed by atoms with Crippen molar-refractivity contribution < 1.29 is 19.1 Å². The average molecular weight is 187 g/mol. The van der Waals surface area contributed by atoms with Crippen LogP contribution in [0.1, 0.15) is 20.3 Å². The molecule has 0 unspecified atom stereocenters. The number of nitrogens with zero attached hydrogens (tertiary/aromatic N) is 1. The van der Waals surface area contributed by atoms with E-state index in [-0.39, 0.29) is 19.6 Å². The van der Waals surface area contributed by atoms with Crippen LogP contribution >= 0.6 is 0 Å². The second-order valence-electron chi connectivity index (χ2n) is 2.22. The van der Waals surface area contributed by atoms with E-state index in [1.54, 1.807) is 13.8 Å². The van der Waals surface area contributed by atoms with Crippen LogP contribution in [0.25, 0.3) is 0 Å². The number of aldehydes is 1. The summed E-state index contributed by atoms with van der Waals surface area (Å²) in [5.74, 6) is -0.412. The van der Waals surface area contributed by atoms with E-state index in [9.17, 15) is 14.4 Å². The van der Waals surface area contributed by atoms with Crippen LogP contribution in [0.3, 0.4) is 0 Å². The minimum atomic E-state index is -0.763. The molecule has 5 nitrogen and oxygen atoms in total. The molecule has 0 heterocycles. The number of hydrogen-bond donors (Lipinski definition) is 0. The molecule has 0 aromatic heterocycles. The van der Waals surface area contributed by atoms with E-state index < -0.39 is 12.0 Å². The maximum Gasteiger partial charge on any atom is 0.416 e. The quantitative estimate of drug-likeness (QED) is 0.604. The first-order valence-electron chi connectivity index (χ1n) is 4.08. The number of carbonyl (C=O) groups excluding carboxylic acids is 3. The monoisotopic (exact) mass is 187 g/mol. The number of carbonyl (C=O) groups is 3. The molecule has 74 valence electrons. The third-order valence-electron chi connectivity index (χ3n) is 1.35. The fourth-order valence-corrected chi connectivity index (χ4v) is 0.745. The molecule has 0 fully saturated rings. The molecular weight excluding hydrogens is 174 g/mol. The summed E-state index contributed by atoms with van der Waals surface area (Å²) >= 11 is 0. The Bertz CT molecular complexity index is 202. The first kappa shape index (κ1) is 11.6. The average Bonchev–Trinajstić information content (AvgIpc) is 2.13. The van der Waals surface area contributed by atoms with Crippen LogP contribution in [0.15, 0.2) is 0 Å². The Balaban J connectivity index is 4.30. The Morgan fingerprint density at radius 2 is 2.00 bits per heavy atom. The maximum absolute atomic E-state index is 11.1. The van der Waals surface area contributed by atoms with E-state index >= 15 is 0 Å². The van der Waals surface area contributed by atoms with Crippen molar-refractivity contribution in [2.24, 2.45) is 0 Å². The van der Waals surface area contributed by atoms with Gasteiger partial charge in [0.15, 0.2) is 0 Å².